The van der Waals surface area contributed by atoms with Crippen LogP contribution in [0.4, 0.5) is 24.5 Å². The summed E-state index contributed by atoms with van der Waals surface area (Å²) < 4.78 is 46.0. The van der Waals surface area contributed by atoms with E-state index in [1.165, 1.54) is 36.7 Å². The van der Waals surface area contributed by atoms with Crippen LogP contribution in [0.15, 0.2) is 94.8 Å². The lowest BCUT2D eigenvalue weighted by Crippen LogP contribution is -2.23. The van der Waals surface area contributed by atoms with Gasteiger partial charge in [-0.05, 0) is 84.3 Å². The molecule has 0 aliphatic heterocycles. The molecule has 0 fully saturated rings. The molecule has 6 rings (SSSR count). The molecule has 0 aliphatic rings. The van der Waals surface area contributed by atoms with Gasteiger partial charge in [0, 0.05) is 35.1 Å². The molecule has 2 amide bonds. The van der Waals surface area contributed by atoms with Crippen LogP contribution in [0, 0.1) is 6.92 Å². The molecule has 2 aromatic heterocycles. The number of hydrogen-bond donors (Lipinski definition) is 5. The van der Waals surface area contributed by atoms with Crippen molar-refractivity contribution in [3.05, 3.63) is 139 Å². The summed E-state index contributed by atoms with van der Waals surface area (Å²) in [4.78, 5) is 56.4. The first-order valence-electron chi connectivity index (χ1n) is 17.9. The first-order chi connectivity index (χ1) is 26.3. The summed E-state index contributed by atoms with van der Waals surface area (Å²) in [5.74, 6) is -0.988. The normalized spacial score (nSPS) is 11.6. The van der Waals surface area contributed by atoms with E-state index in [2.05, 4.69) is 20.6 Å². The van der Waals surface area contributed by atoms with Gasteiger partial charge in [-0.15, -0.1) is 0 Å². The number of fused-ring (bicyclic) bond motifs is 2. The third kappa shape index (κ3) is 8.78. The number of rotatable bonds is 7. The van der Waals surface area contributed by atoms with E-state index in [0.29, 0.717) is 40.0 Å². The Morgan fingerprint density at radius 1 is 0.786 bits per heavy atom. The Morgan fingerprint density at radius 2 is 1.39 bits per heavy atom. The average Bonchev–Trinajstić information content (AvgIpc) is 3.13. The molecule has 0 saturated heterocycles. The molecule has 56 heavy (non-hydrogen) atoms. The second-order valence-corrected chi connectivity index (χ2v) is 14.5. The Labute approximate surface area is 320 Å². The maximum atomic E-state index is 13.5. The van der Waals surface area contributed by atoms with Crippen molar-refractivity contribution in [2.45, 2.75) is 66.0 Å². The first-order valence-corrected chi connectivity index (χ1v) is 17.9. The molecule has 6 aromatic rings. The summed E-state index contributed by atoms with van der Waals surface area (Å²) in [5.41, 5.74) is 0.912. The fraction of sp³-hybridized carbons (Fsp3) is 0.256. The highest BCUT2D eigenvalue weighted by Crippen LogP contribution is 2.37. The highest BCUT2D eigenvalue weighted by atomic mass is 19.4. The van der Waals surface area contributed by atoms with Crippen LogP contribution in [0.25, 0.3) is 21.8 Å². The number of phenolic OH excluding ortho intramolecular Hbond substituents is 1. The molecule has 0 bridgehead atoms. The summed E-state index contributed by atoms with van der Waals surface area (Å²) in [7, 11) is 0. The van der Waals surface area contributed by atoms with Gasteiger partial charge in [0.2, 0.25) is 10.9 Å². The van der Waals surface area contributed by atoms with Crippen molar-refractivity contribution < 1.29 is 32.6 Å². The lowest BCUT2D eigenvalue weighted by molar-refractivity contribution is -0.137. The van der Waals surface area contributed by atoms with Crippen LogP contribution in [0.2, 0.25) is 0 Å². The Bertz CT molecular complexity index is 2570. The molecule has 4 aromatic carbocycles. The van der Waals surface area contributed by atoms with Crippen LogP contribution in [0.3, 0.4) is 0 Å². The number of amides is 2. The lowest BCUT2D eigenvalue weighted by Gasteiger charge is -2.22. The molecular formula is C43H43F3N4O6. The van der Waals surface area contributed by atoms with Crippen LogP contribution in [-0.2, 0) is 11.6 Å². The average molecular weight is 769 g/mol. The molecular weight excluding hydrogens is 725 g/mol. The number of alkyl halides is 3. The van der Waals surface area contributed by atoms with Gasteiger partial charge in [0.15, 0.2) is 0 Å². The number of pyridine rings is 2. The van der Waals surface area contributed by atoms with Gasteiger partial charge in [0.25, 0.3) is 11.8 Å². The predicted molar refractivity (Wildman–Crippen MR) is 213 cm³/mol. The molecule has 292 valence electrons. The SMILES string of the molecule is CCOc1cccc2c(=O)c(C(=O)Nc3ccc(C(C)C)cc3C(F)(F)F)c[nH]c12.Cc1cc(C(C)(C)C)c(O)cc1NC(=O)c1c[nH]c2ccccc2c1=O. The van der Waals surface area contributed by atoms with Gasteiger partial charge >= 0.3 is 6.18 Å². The monoisotopic (exact) mass is 768 g/mol. The van der Waals surface area contributed by atoms with E-state index in [9.17, 15) is 37.5 Å². The largest absolute Gasteiger partial charge is 0.508 e. The van der Waals surface area contributed by atoms with Crippen molar-refractivity contribution in [1.29, 1.82) is 0 Å². The highest BCUT2D eigenvalue weighted by molar-refractivity contribution is 6.07. The Balaban J connectivity index is 0.000000216. The summed E-state index contributed by atoms with van der Waals surface area (Å²) in [6.07, 6.45) is -2.06. The van der Waals surface area contributed by atoms with Crippen LogP contribution < -0.4 is 26.2 Å². The minimum Gasteiger partial charge on any atom is -0.508 e. The molecule has 0 spiro atoms. The second kappa shape index (κ2) is 16.2. The molecule has 0 unspecified atom stereocenters. The summed E-state index contributed by atoms with van der Waals surface area (Å²) in [6, 6.07) is 19.0. The standard InChI is InChI=1S/C22H21F3N2O3.C21H22N2O3/c1-4-30-18-7-5-6-14-19(18)26-11-15(20(14)28)21(29)27-17-9-8-13(12(2)3)10-16(17)22(23,24)25;1-12-9-15(21(2,3)4)18(24)10-17(12)23-20(26)14-11-22-16-8-6-5-7-13(16)19(14)25/h5-12H,4H2,1-3H3,(H,26,28)(H,27,29);5-11,24H,1-4H3,(H,22,25)(H,23,26). The van der Waals surface area contributed by atoms with E-state index < -0.39 is 34.7 Å². The van der Waals surface area contributed by atoms with E-state index >= 15 is 0 Å². The zero-order valence-electron chi connectivity index (χ0n) is 32.0. The van der Waals surface area contributed by atoms with Crippen molar-refractivity contribution in [3.8, 4) is 11.5 Å². The van der Waals surface area contributed by atoms with E-state index in [4.69, 9.17) is 4.74 Å². The molecule has 2 heterocycles. The Kier molecular flexibility index (Phi) is 11.8. The third-order valence-electron chi connectivity index (χ3n) is 9.12. The number of halogens is 3. The van der Waals surface area contributed by atoms with Gasteiger partial charge in [0.1, 0.15) is 22.6 Å². The van der Waals surface area contributed by atoms with Crippen molar-refractivity contribution in [2.24, 2.45) is 0 Å². The number of hydrogen-bond acceptors (Lipinski definition) is 6. The van der Waals surface area contributed by atoms with Crippen LogP contribution in [-0.4, -0.2) is 33.5 Å². The van der Waals surface area contributed by atoms with Gasteiger partial charge in [-0.2, -0.15) is 13.2 Å². The minimum absolute atomic E-state index is 0.0301. The molecule has 0 aliphatic carbocycles. The van der Waals surface area contributed by atoms with Crippen LogP contribution in [0.5, 0.6) is 11.5 Å². The predicted octanol–water partition coefficient (Wildman–Crippen LogP) is 9.41. The number of H-pyrrole nitrogens is 2. The van der Waals surface area contributed by atoms with Crippen LogP contribution >= 0.6 is 0 Å². The van der Waals surface area contributed by atoms with E-state index in [1.807, 2.05) is 39.8 Å². The van der Waals surface area contributed by atoms with Gasteiger partial charge in [-0.1, -0.05) is 58.9 Å². The number of aromatic nitrogens is 2. The van der Waals surface area contributed by atoms with E-state index in [0.717, 1.165) is 17.2 Å². The lowest BCUT2D eigenvalue weighted by atomic mass is 9.85. The number of phenols is 1. The topological polar surface area (TPSA) is 153 Å². The number of carbonyl (C=O) groups is 2. The second-order valence-electron chi connectivity index (χ2n) is 14.5. The van der Waals surface area contributed by atoms with Gasteiger partial charge in [-0.3, -0.25) is 19.2 Å². The number of nitrogens with one attached hydrogen (secondary N) is 4. The molecule has 0 radical (unpaired) electrons. The number of carbonyl (C=O) groups excluding carboxylic acids is 2. The zero-order valence-corrected chi connectivity index (χ0v) is 32.0. The maximum Gasteiger partial charge on any atom is 0.418 e. The quantitative estimate of drug-likeness (QED) is 0.109. The summed E-state index contributed by atoms with van der Waals surface area (Å²) in [5, 5.41) is 15.9. The summed E-state index contributed by atoms with van der Waals surface area (Å²) in [6.45, 7) is 13.6. The molecule has 10 nitrogen and oxygen atoms in total. The third-order valence-corrected chi connectivity index (χ3v) is 9.12. The summed E-state index contributed by atoms with van der Waals surface area (Å²) >= 11 is 0. The molecule has 0 saturated carbocycles. The Hall–Kier alpha value is -6.37. The number of para-hydroxylation sites is 2. The van der Waals surface area contributed by atoms with E-state index in [-0.39, 0.29) is 39.0 Å². The van der Waals surface area contributed by atoms with Gasteiger partial charge in [0.05, 0.1) is 28.8 Å². The van der Waals surface area contributed by atoms with Gasteiger partial charge < -0.3 is 30.4 Å². The maximum absolute atomic E-state index is 13.5. The van der Waals surface area contributed by atoms with Crippen molar-refractivity contribution in [2.75, 3.05) is 17.2 Å². The molecule has 5 N–H and O–H groups in total. The fourth-order valence-corrected chi connectivity index (χ4v) is 6.08. The van der Waals surface area contributed by atoms with Crippen LogP contribution in [0.1, 0.15) is 90.4 Å². The number of anilines is 2. The number of aryl methyl sites for hydroxylation is 1. The zero-order chi connectivity index (χ0) is 41.1. The molecule has 13 heteroatoms. The van der Waals surface area contributed by atoms with Crippen molar-refractivity contribution >= 4 is 45.0 Å². The fourth-order valence-electron chi connectivity index (χ4n) is 6.08. The number of ether oxygens (including phenoxy) is 1. The van der Waals surface area contributed by atoms with Crippen molar-refractivity contribution in [1.82, 2.24) is 9.97 Å². The number of aromatic amines is 2. The highest BCUT2D eigenvalue weighted by Gasteiger charge is 2.35. The minimum atomic E-state index is -4.66. The van der Waals surface area contributed by atoms with Gasteiger partial charge in [-0.25, -0.2) is 0 Å². The van der Waals surface area contributed by atoms with E-state index in [1.54, 1.807) is 51.1 Å². The Morgan fingerprint density at radius 3 is 2.02 bits per heavy atom. The number of benzene rings is 4. The first kappa shape index (κ1) is 40.8. The van der Waals surface area contributed by atoms with Crippen molar-refractivity contribution in [3.63, 3.8) is 0 Å². The molecule has 0 atom stereocenters. The smallest absolute Gasteiger partial charge is 0.418 e. The number of aromatic hydroxyl groups is 1.